The summed E-state index contributed by atoms with van der Waals surface area (Å²) in [7, 11) is 3.06. The summed E-state index contributed by atoms with van der Waals surface area (Å²) in [5.41, 5.74) is 0.729. The molecule has 0 bridgehead atoms. The Kier molecular flexibility index (Phi) is 3.93. The van der Waals surface area contributed by atoms with Crippen LogP contribution in [0.25, 0.3) is 0 Å². The maximum Gasteiger partial charge on any atom is 0.172 e. The summed E-state index contributed by atoms with van der Waals surface area (Å²) in [4.78, 5) is 0. The largest absolute Gasteiger partial charge is 0.496 e. The van der Waals surface area contributed by atoms with E-state index in [0.717, 1.165) is 10.0 Å². The lowest BCUT2D eigenvalue weighted by Gasteiger charge is -2.12. The molecule has 0 aromatic heterocycles. The first-order chi connectivity index (χ1) is 6.72. The summed E-state index contributed by atoms with van der Waals surface area (Å²) >= 11 is 3.33. The molecule has 1 rings (SSSR count). The number of nitriles is 1. The van der Waals surface area contributed by atoms with Gasteiger partial charge in [-0.1, -0.05) is 15.9 Å². The van der Waals surface area contributed by atoms with Crippen molar-refractivity contribution in [2.24, 2.45) is 0 Å². The van der Waals surface area contributed by atoms with Gasteiger partial charge in [-0.2, -0.15) is 5.26 Å². The van der Waals surface area contributed by atoms with Gasteiger partial charge in [0.1, 0.15) is 5.75 Å². The molecule has 0 spiro atoms. The van der Waals surface area contributed by atoms with Gasteiger partial charge in [-0.05, 0) is 18.2 Å². The molecule has 74 valence electrons. The van der Waals surface area contributed by atoms with Gasteiger partial charge in [-0.3, -0.25) is 0 Å². The lowest BCUT2D eigenvalue weighted by atomic mass is 10.1. The molecule has 0 saturated heterocycles. The van der Waals surface area contributed by atoms with E-state index in [1.807, 2.05) is 18.2 Å². The van der Waals surface area contributed by atoms with E-state index in [1.54, 1.807) is 13.2 Å². The van der Waals surface area contributed by atoms with E-state index in [-0.39, 0.29) is 0 Å². The maximum absolute atomic E-state index is 8.84. The van der Waals surface area contributed by atoms with Gasteiger partial charge in [0.15, 0.2) is 6.10 Å². The number of benzene rings is 1. The van der Waals surface area contributed by atoms with E-state index in [9.17, 15) is 0 Å². The van der Waals surface area contributed by atoms with Crippen LogP contribution in [0.4, 0.5) is 0 Å². The third-order valence-electron chi connectivity index (χ3n) is 1.83. The van der Waals surface area contributed by atoms with Gasteiger partial charge >= 0.3 is 0 Å². The Bertz CT molecular complexity index is 360. The van der Waals surface area contributed by atoms with E-state index in [1.165, 1.54) is 7.11 Å². The van der Waals surface area contributed by atoms with Crippen molar-refractivity contribution in [1.82, 2.24) is 0 Å². The van der Waals surface area contributed by atoms with Gasteiger partial charge in [-0.25, -0.2) is 0 Å². The van der Waals surface area contributed by atoms with Crippen LogP contribution in [-0.4, -0.2) is 14.2 Å². The highest BCUT2D eigenvalue weighted by Crippen LogP contribution is 2.29. The van der Waals surface area contributed by atoms with Crippen molar-refractivity contribution in [1.29, 1.82) is 5.26 Å². The van der Waals surface area contributed by atoms with Crippen molar-refractivity contribution >= 4 is 15.9 Å². The van der Waals surface area contributed by atoms with Crippen LogP contribution in [0.15, 0.2) is 22.7 Å². The Morgan fingerprint density at radius 3 is 2.64 bits per heavy atom. The standard InChI is InChI=1S/C10H10BrNO2/c1-13-9-4-3-7(11)5-8(9)10(6-12)14-2/h3-5,10H,1-2H3. The van der Waals surface area contributed by atoms with E-state index in [2.05, 4.69) is 15.9 Å². The normalized spacial score (nSPS) is 11.9. The van der Waals surface area contributed by atoms with Crippen LogP contribution < -0.4 is 4.74 Å². The molecule has 0 aliphatic heterocycles. The molecule has 14 heavy (non-hydrogen) atoms. The lowest BCUT2D eigenvalue weighted by Crippen LogP contribution is -2.01. The Morgan fingerprint density at radius 1 is 1.43 bits per heavy atom. The van der Waals surface area contributed by atoms with Crippen molar-refractivity contribution in [3.05, 3.63) is 28.2 Å². The number of nitrogens with zero attached hydrogens (tertiary/aromatic N) is 1. The van der Waals surface area contributed by atoms with Gasteiger partial charge in [-0.15, -0.1) is 0 Å². The summed E-state index contributed by atoms with van der Waals surface area (Å²) in [6.07, 6.45) is -0.595. The fraction of sp³-hybridized carbons (Fsp3) is 0.300. The summed E-state index contributed by atoms with van der Waals surface area (Å²) in [6, 6.07) is 7.51. The second-order valence-corrected chi connectivity index (χ2v) is 3.55. The van der Waals surface area contributed by atoms with Crippen molar-refractivity contribution in [3.8, 4) is 11.8 Å². The third kappa shape index (κ3) is 2.25. The van der Waals surface area contributed by atoms with Gasteiger partial charge in [0.05, 0.1) is 13.2 Å². The number of hydrogen-bond donors (Lipinski definition) is 0. The highest BCUT2D eigenvalue weighted by molar-refractivity contribution is 9.10. The summed E-state index contributed by atoms with van der Waals surface area (Å²) in [6.45, 7) is 0. The molecule has 0 aliphatic carbocycles. The topological polar surface area (TPSA) is 42.2 Å². The van der Waals surface area contributed by atoms with Crippen LogP contribution in [0.3, 0.4) is 0 Å². The van der Waals surface area contributed by atoms with Gasteiger partial charge in [0.25, 0.3) is 0 Å². The van der Waals surface area contributed by atoms with E-state index >= 15 is 0 Å². The fourth-order valence-electron chi connectivity index (χ4n) is 1.16. The average molecular weight is 256 g/mol. The van der Waals surface area contributed by atoms with Crippen molar-refractivity contribution < 1.29 is 9.47 Å². The smallest absolute Gasteiger partial charge is 0.172 e. The van der Waals surface area contributed by atoms with Crippen molar-refractivity contribution in [3.63, 3.8) is 0 Å². The van der Waals surface area contributed by atoms with E-state index in [4.69, 9.17) is 14.7 Å². The highest BCUT2D eigenvalue weighted by atomic mass is 79.9. The van der Waals surface area contributed by atoms with E-state index in [0.29, 0.717) is 5.75 Å². The molecular weight excluding hydrogens is 246 g/mol. The number of hydrogen-bond acceptors (Lipinski definition) is 3. The average Bonchev–Trinajstić information content (AvgIpc) is 2.20. The van der Waals surface area contributed by atoms with Crippen LogP contribution in [0.5, 0.6) is 5.75 Å². The molecule has 0 heterocycles. The molecule has 0 N–H and O–H groups in total. The van der Waals surface area contributed by atoms with Gasteiger partial charge in [0.2, 0.25) is 0 Å². The molecule has 3 nitrogen and oxygen atoms in total. The second kappa shape index (κ2) is 4.99. The van der Waals surface area contributed by atoms with Crippen LogP contribution in [0.2, 0.25) is 0 Å². The van der Waals surface area contributed by atoms with Crippen LogP contribution in [0.1, 0.15) is 11.7 Å². The van der Waals surface area contributed by atoms with Gasteiger partial charge < -0.3 is 9.47 Å². The van der Waals surface area contributed by atoms with Gasteiger partial charge in [0, 0.05) is 17.1 Å². The predicted molar refractivity (Wildman–Crippen MR) is 56.1 cm³/mol. The number of ether oxygens (including phenoxy) is 2. The van der Waals surface area contributed by atoms with Crippen LogP contribution in [0, 0.1) is 11.3 Å². The Hall–Kier alpha value is -1.05. The quantitative estimate of drug-likeness (QED) is 0.834. The minimum absolute atomic E-state index is 0.595. The molecule has 0 aliphatic rings. The first-order valence-electron chi connectivity index (χ1n) is 3.98. The molecule has 0 amide bonds. The predicted octanol–water partition coefficient (Wildman–Crippen LogP) is 2.67. The summed E-state index contributed by atoms with van der Waals surface area (Å²) in [5.74, 6) is 0.654. The highest BCUT2D eigenvalue weighted by Gasteiger charge is 2.14. The molecule has 0 saturated carbocycles. The minimum Gasteiger partial charge on any atom is -0.496 e. The number of halogens is 1. The molecule has 0 fully saturated rings. The zero-order chi connectivity index (χ0) is 10.6. The second-order valence-electron chi connectivity index (χ2n) is 2.63. The molecule has 4 heteroatoms. The molecule has 1 unspecified atom stereocenters. The molecule has 1 aromatic rings. The van der Waals surface area contributed by atoms with Crippen LogP contribution in [-0.2, 0) is 4.74 Å². The Labute approximate surface area is 91.4 Å². The lowest BCUT2D eigenvalue weighted by molar-refractivity contribution is 0.145. The first-order valence-corrected chi connectivity index (χ1v) is 4.78. The summed E-state index contributed by atoms with van der Waals surface area (Å²) in [5, 5.41) is 8.84. The monoisotopic (exact) mass is 255 g/mol. The first kappa shape index (κ1) is 11.0. The van der Waals surface area contributed by atoms with Crippen molar-refractivity contribution in [2.75, 3.05) is 14.2 Å². The number of rotatable bonds is 3. The molecular formula is C10H10BrNO2. The number of methoxy groups -OCH3 is 2. The Balaban J connectivity index is 3.16. The fourth-order valence-corrected chi connectivity index (χ4v) is 1.54. The SMILES string of the molecule is COc1ccc(Br)cc1C(C#N)OC. The minimum atomic E-state index is -0.595. The zero-order valence-corrected chi connectivity index (χ0v) is 9.54. The molecule has 1 atom stereocenters. The van der Waals surface area contributed by atoms with Crippen molar-refractivity contribution in [2.45, 2.75) is 6.10 Å². The molecule has 1 aromatic carbocycles. The van der Waals surface area contributed by atoms with E-state index < -0.39 is 6.10 Å². The Morgan fingerprint density at radius 2 is 2.14 bits per heavy atom. The zero-order valence-electron chi connectivity index (χ0n) is 7.95. The maximum atomic E-state index is 8.84. The molecule has 0 radical (unpaired) electrons. The van der Waals surface area contributed by atoms with Crippen LogP contribution >= 0.6 is 15.9 Å². The third-order valence-corrected chi connectivity index (χ3v) is 2.32. The summed E-state index contributed by atoms with van der Waals surface area (Å²) < 4.78 is 11.0.